The summed E-state index contributed by atoms with van der Waals surface area (Å²) in [5.74, 6) is 1.12. The summed E-state index contributed by atoms with van der Waals surface area (Å²) in [5.41, 5.74) is 1.51. The van der Waals surface area contributed by atoms with Gasteiger partial charge in [-0.15, -0.1) is 0 Å². The van der Waals surface area contributed by atoms with Crippen molar-refractivity contribution in [2.45, 2.75) is 47.1 Å². The highest BCUT2D eigenvalue weighted by molar-refractivity contribution is 5.82. The number of aromatic nitrogens is 1. The van der Waals surface area contributed by atoms with E-state index in [0.717, 1.165) is 30.6 Å². The van der Waals surface area contributed by atoms with Crippen LogP contribution in [0, 0.1) is 25.2 Å². The molecule has 134 valence electrons. The molecule has 2 rings (SSSR count). The molecule has 2 atom stereocenters. The molecule has 1 fully saturated rings. The first kappa shape index (κ1) is 18.7. The van der Waals surface area contributed by atoms with Crippen molar-refractivity contribution in [1.29, 1.82) is 0 Å². The normalized spacial score (nSPS) is 22.2. The molecule has 0 aliphatic carbocycles. The summed E-state index contributed by atoms with van der Waals surface area (Å²) in [6.45, 7) is 12.4. The first-order valence-electron chi connectivity index (χ1n) is 8.74. The Balaban J connectivity index is 1.92. The quantitative estimate of drug-likeness (QED) is 0.900. The molecule has 1 aliphatic heterocycles. The van der Waals surface area contributed by atoms with Gasteiger partial charge in [-0.1, -0.05) is 6.92 Å². The van der Waals surface area contributed by atoms with Crippen LogP contribution in [0.25, 0.3) is 0 Å². The second-order valence-corrected chi connectivity index (χ2v) is 7.92. The molecule has 0 bridgehead atoms. The van der Waals surface area contributed by atoms with Gasteiger partial charge in [0.2, 0.25) is 11.8 Å². The zero-order valence-electron chi connectivity index (χ0n) is 15.8. The van der Waals surface area contributed by atoms with Crippen molar-refractivity contribution < 1.29 is 9.53 Å². The van der Waals surface area contributed by atoms with Crippen LogP contribution in [0.4, 0.5) is 0 Å². The number of rotatable bonds is 5. The third kappa shape index (κ3) is 4.69. The highest BCUT2D eigenvalue weighted by Gasteiger charge is 2.33. The molecule has 24 heavy (non-hydrogen) atoms. The fourth-order valence-corrected chi connectivity index (χ4v) is 3.10. The number of nitrogens with one attached hydrogen (secondary N) is 1. The minimum Gasteiger partial charge on any atom is -0.476 e. The van der Waals surface area contributed by atoms with Crippen molar-refractivity contribution in [2.24, 2.45) is 11.3 Å². The number of aryl methyl sites for hydroxylation is 2. The zero-order chi connectivity index (χ0) is 17.9. The molecule has 1 N–H and O–H groups in total. The Bertz CT molecular complexity index is 586. The molecule has 0 aromatic carbocycles. The summed E-state index contributed by atoms with van der Waals surface area (Å²) in [6.07, 6.45) is 2.79. The van der Waals surface area contributed by atoms with Crippen LogP contribution < -0.4 is 10.1 Å². The predicted octanol–water partition coefficient (Wildman–Crippen LogP) is 2.56. The Labute approximate surface area is 145 Å². The van der Waals surface area contributed by atoms with E-state index in [1.165, 1.54) is 0 Å². The standard InChI is InChI=1S/C19H31N3O2/c1-13-9-14(2)17(20-10-13)24-12-19(4,5)18(23)21-16-7-8-22(6)11-15(16)3/h9-10,15-16H,7-8,11-12H2,1-6H3,(H,21,23)/t15-,16+/m0/s1. The van der Waals surface area contributed by atoms with Gasteiger partial charge in [0.15, 0.2) is 0 Å². The number of likely N-dealkylation sites (tertiary alicyclic amines) is 1. The average Bonchev–Trinajstić information content (AvgIpc) is 2.49. The number of pyridine rings is 1. The Morgan fingerprint density at radius 3 is 2.79 bits per heavy atom. The van der Waals surface area contributed by atoms with E-state index >= 15 is 0 Å². The van der Waals surface area contributed by atoms with E-state index in [-0.39, 0.29) is 11.9 Å². The maximum atomic E-state index is 12.7. The van der Waals surface area contributed by atoms with Crippen molar-refractivity contribution in [3.05, 3.63) is 23.4 Å². The van der Waals surface area contributed by atoms with Crippen LogP contribution in [0.3, 0.4) is 0 Å². The molecule has 1 aliphatic rings. The summed E-state index contributed by atoms with van der Waals surface area (Å²) >= 11 is 0. The molecule has 2 heterocycles. The number of hydrogen-bond acceptors (Lipinski definition) is 4. The molecule has 1 aromatic heterocycles. The first-order valence-corrected chi connectivity index (χ1v) is 8.74. The lowest BCUT2D eigenvalue weighted by atomic mass is 9.89. The number of carbonyl (C=O) groups is 1. The van der Waals surface area contributed by atoms with Gasteiger partial charge >= 0.3 is 0 Å². The Hall–Kier alpha value is -1.62. The molecule has 0 saturated carbocycles. The SMILES string of the molecule is Cc1cnc(OCC(C)(C)C(=O)N[C@@H]2CCN(C)C[C@@H]2C)c(C)c1. The molecule has 0 radical (unpaired) electrons. The van der Waals surface area contributed by atoms with E-state index < -0.39 is 5.41 Å². The maximum Gasteiger partial charge on any atom is 0.229 e. The lowest BCUT2D eigenvalue weighted by Crippen LogP contribution is -2.52. The van der Waals surface area contributed by atoms with Crippen LogP contribution in [0.1, 0.15) is 38.3 Å². The van der Waals surface area contributed by atoms with Crippen molar-refractivity contribution in [3.63, 3.8) is 0 Å². The molecule has 1 saturated heterocycles. The summed E-state index contributed by atoms with van der Waals surface area (Å²) < 4.78 is 5.83. The lowest BCUT2D eigenvalue weighted by molar-refractivity contribution is -0.132. The van der Waals surface area contributed by atoms with Crippen LogP contribution in [-0.4, -0.2) is 48.6 Å². The molecule has 5 heteroatoms. The van der Waals surface area contributed by atoms with Crippen LogP contribution in [0.2, 0.25) is 0 Å². The monoisotopic (exact) mass is 333 g/mol. The molecule has 0 spiro atoms. The minimum atomic E-state index is -0.595. The van der Waals surface area contributed by atoms with Gasteiger partial charge in [0.25, 0.3) is 0 Å². The van der Waals surface area contributed by atoms with Gasteiger partial charge < -0.3 is 15.0 Å². The van der Waals surface area contributed by atoms with E-state index in [2.05, 4.69) is 29.2 Å². The van der Waals surface area contributed by atoms with Gasteiger partial charge in [0, 0.05) is 24.3 Å². The largest absolute Gasteiger partial charge is 0.476 e. The number of nitrogens with zero attached hydrogens (tertiary/aromatic N) is 2. The van der Waals surface area contributed by atoms with Crippen molar-refractivity contribution in [3.8, 4) is 5.88 Å². The van der Waals surface area contributed by atoms with Crippen LogP contribution in [0.15, 0.2) is 12.3 Å². The van der Waals surface area contributed by atoms with E-state index in [0.29, 0.717) is 18.4 Å². The van der Waals surface area contributed by atoms with Crippen LogP contribution >= 0.6 is 0 Å². The van der Waals surface area contributed by atoms with E-state index in [4.69, 9.17) is 4.74 Å². The van der Waals surface area contributed by atoms with Gasteiger partial charge in [0.05, 0.1) is 5.41 Å². The Kier molecular flexibility index (Phi) is 5.86. The second kappa shape index (κ2) is 7.51. The molecular formula is C19H31N3O2. The smallest absolute Gasteiger partial charge is 0.229 e. The lowest BCUT2D eigenvalue weighted by Gasteiger charge is -2.37. The molecule has 5 nitrogen and oxygen atoms in total. The fourth-order valence-electron chi connectivity index (χ4n) is 3.10. The van der Waals surface area contributed by atoms with Crippen LogP contribution in [0.5, 0.6) is 5.88 Å². The van der Waals surface area contributed by atoms with Crippen molar-refractivity contribution in [2.75, 3.05) is 26.7 Å². The zero-order valence-corrected chi connectivity index (χ0v) is 15.8. The van der Waals surface area contributed by atoms with Gasteiger partial charge in [-0.2, -0.15) is 0 Å². The first-order chi connectivity index (χ1) is 11.2. The number of carbonyl (C=O) groups excluding carboxylic acids is 1. The minimum absolute atomic E-state index is 0.0497. The highest BCUT2D eigenvalue weighted by atomic mass is 16.5. The maximum absolute atomic E-state index is 12.7. The van der Waals surface area contributed by atoms with Crippen molar-refractivity contribution >= 4 is 5.91 Å². The third-order valence-corrected chi connectivity index (χ3v) is 4.78. The van der Waals surface area contributed by atoms with E-state index in [1.54, 1.807) is 6.20 Å². The molecular weight excluding hydrogens is 302 g/mol. The number of piperidine rings is 1. The summed E-state index contributed by atoms with van der Waals surface area (Å²) in [7, 11) is 2.13. The Morgan fingerprint density at radius 1 is 1.46 bits per heavy atom. The highest BCUT2D eigenvalue weighted by Crippen LogP contribution is 2.22. The third-order valence-electron chi connectivity index (χ3n) is 4.78. The summed E-state index contributed by atoms with van der Waals surface area (Å²) in [4.78, 5) is 19.3. The van der Waals surface area contributed by atoms with Crippen LogP contribution in [-0.2, 0) is 4.79 Å². The molecule has 1 amide bonds. The number of hydrogen-bond donors (Lipinski definition) is 1. The average molecular weight is 333 g/mol. The number of ether oxygens (including phenoxy) is 1. The van der Waals surface area contributed by atoms with Gasteiger partial charge in [-0.25, -0.2) is 4.98 Å². The van der Waals surface area contributed by atoms with Gasteiger partial charge in [0.1, 0.15) is 6.61 Å². The number of amides is 1. The molecule has 1 aromatic rings. The topological polar surface area (TPSA) is 54.5 Å². The van der Waals surface area contributed by atoms with E-state index in [1.807, 2.05) is 33.8 Å². The van der Waals surface area contributed by atoms with E-state index in [9.17, 15) is 4.79 Å². The van der Waals surface area contributed by atoms with Gasteiger partial charge in [-0.05, 0) is 65.3 Å². The summed E-state index contributed by atoms with van der Waals surface area (Å²) in [5, 5.41) is 3.22. The fraction of sp³-hybridized carbons (Fsp3) is 0.684. The summed E-state index contributed by atoms with van der Waals surface area (Å²) in [6, 6.07) is 2.28. The predicted molar refractivity (Wildman–Crippen MR) is 96.2 cm³/mol. The molecule has 0 unspecified atom stereocenters. The Morgan fingerprint density at radius 2 is 2.17 bits per heavy atom. The van der Waals surface area contributed by atoms with Gasteiger partial charge in [-0.3, -0.25) is 4.79 Å². The second-order valence-electron chi connectivity index (χ2n) is 7.92. The van der Waals surface area contributed by atoms with Crippen molar-refractivity contribution in [1.82, 2.24) is 15.2 Å².